The van der Waals surface area contributed by atoms with Crippen LogP contribution in [0.25, 0.3) is 0 Å². The smallest absolute Gasteiger partial charge is 0.414 e. The number of nitrogens with one attached hydrogen (secondary N) is 2. The number of carbonyl (C=O) groups excluding carboxylic acids is 2. The Morgan fingerprint density at radius 3 is 2.29 bits per heavy atom. The third-order valence-corrected chi connectivity index (χ3v) is 4.32. The lowest BCUT2D eigenvalue weighted by Gasteiger charge is -2.17. The van der Waals surface area contributed by atoms with E-state index in [0.717, 1.165) is 16.7 Å². The van der Waals surface area contributed by atoms with E-state index in [1.807, 2.05) is 19.2 Å². The van der Waals surface area contributed by atoms with Crippen molar-refractivity contribution >= 4 is 23.4 Å². The van der Waals surface area contributed by atoms with Crippen LogP contribution in [0.2, 0.25) is 0 Å². The number of carbonyl (C=O) groups is 2. The van der Waals surface area contributed by atoms with Crippen molar-refractivity contribution < 1.29 is 18.7 Å². The predicted molar refractivity (Wildman–Crippen MR) is 112 cm³/mol. The third kappa shape index (κ3) is 5.87. The summed E-state index contributed by atoms with van der Waals surface area (Å²) >= 11 is 0. The molecule has 0 heterocycles. The summed E-state index contributed by atoms with van der Waals surface area (Å²) in [6, 6.07) is 13.0. The van der Waals surface area contributed by atoms with Gasteiger partial charge >= 0.3 is 6.09 Å². The summed E-state index contributed by atoms with van der Waals surface area (Å²) in [5, 5.41) is 24.5. The van der Waals surface area contributed by atoms with Gasteiger partial charge in [-0.25, -0.2) is 9.18 Å². The summed E-state index contributed by atoms with van der Waals surface area (Å²) in [6.45, 7) is 5.27. The molecule has 0 aliphatic carbocycles. The molecule has 0 saturated carbocycles. The van der Waals surface area contributed by atoms with Gasteiger partial charge in [-0.15, -0.1) is 0 Å². The molecule has 31 heavy (non-hydrogen) atoms. The second kappa shape index (κ2) is 10.5. The van der Waals surface area contributed by atoms with Crippen LogP contribution in [0.4, 0.5) is 14.9 Å². The molecule has 0 bridgehead atoms. The van der Waals surface area contributed by atoms with Crippen molar-refractivity contribution in [3.8, 4) is 12.1 Å². The number of rotatable bonds is 6. The highest BCUT2D eigenvalue weighted by atomic mass is 19.1. The Balaban J connectivity index is 2.27. The summed E-state index contributed by atoms with van der Waals surface area (Å²) in [7, 11) is 0. The fourth-order valence-electron chi connectivity index (χ4n) is 3.02. The highest BCUT2D eigenvalue weighted by molar-refractivity contribution is 6.46. The van der Waals surface area contributed by atoms with E-state index >= 15 is 0 Å². The number of nitrogens with zero attached hydrogens (tertiary/aromatic N) is 3. The molecule has 0 aromatic heterocycles. The van der Waals surface area contributed by atoms with Crippen LogP contribution in [0, 0.1) is 42.3 Å². The lowest BCUT2D eigenvalue weighted by Crippen LogP contribution is -2.36. The van der Waals surface area contributed by atoms with Gasteiger partial charge in [0.2, 0.25) is 5.71 Å². The Bertz CT molecular complexity index is 1070. The molecule has 0 spiro atoms. The van der Waals surface area contributed by atoms with Gasteiger partial charge in [0, 0.05) is 0 Å². The van der Waals surface area contributed by atoms with E-state index < -0.39 is 23.6 Å². The minimum absolute atomic E-state index is 0.0723. The fourth-order valence-corrected chi connectivity index (χ4v) is 3.02. The van der Waals surface area contributed by atoms with Gasteiger partial charge in [-0.2, -0.15) is 15.6 Å². The van der Waals surface area contributed by atoms with Crippen molar-refractivity contribution in [3.63, 3.8) is 0 Å². The van der Waals surface area contributed by atoms with Crippen LogP contribution in [-0.2, 0) is 9.53 Å². The first-order valence-electron chi connectivity index (χ1n) is 9.28. The van der Waals surface area contributed by atoms with E-state index in [-0.39, 0.29) is 12.4 Å². The van der Waals surface area contributed by atoms with E-state index in [0.29, 0.717) is 11.3 Å². The van der Waals surface area contributed by atoms with Crippen LogP contribution in [0.3, 0.4) is 0 Å². The zero-order valence-electron chi connectivity index (χ0n) is 17.2. The number of hydrazone groups is 1. The van der Waals surface area contributed by atoms with Gasteiger partial charge in [0.15, 0.2) is 0 Å². The van der Waals surface area contributed by atoms with Crippen molar-refractivity contribution in [2.75, 3.05) is 12.0 Å². The minimum Gasteiger partial charge on any atom is -0.450 e. The first-order chi connectivity index (χ1) is 14.8. The number of hydrogen-bond donors (Lipinski definition) is 2. The van der Waals surface area contributed by atoms with E-state index in [2.05, 4.69) is 21.3 Å². The summed E-state index contributed by atoms with van der Waals surface area (Å²) in [4.78, 5) is 23.2. The van der Waals surface area contributed by atoms with Crippen molar-refractivity contribution in [1.82, 2.24) is 5.32 Å². The quantitative estimate of drug-likeness (QED) is 0.541. The SMILES string of the molecule is CCOC(=O)NC(=O)C(C#N)=NNc1cc(C)c(C(C#N)c2ccc(F)cc2)c(C)c1. The molecule has 2 amide bonds. The summed E-state index contributed by atoms with van der Waals surface area (Å²) < 4.78 is 17.8. The predicted octanol–water partition coefficient (Wildman–Crippen LogP) is 3.66. The highest BCUT2D eigenvalue weighted by Crippen LogP contribution is 2.31. The van der Waals surface area contributed by atoms with Crippen LogP contribution in [0.5, 0.6) is 0 Å². The second-order valence-electron chi connectivity index (χ2n) is 6.50. The Hall–Kier alpha value is -4.24. The first-order valence-corrected chi connectivity index (χ1v) is 9.28. The van der Waals surface area contributed by atoms with Crippen LogP contribution in [0.15, 0.2) is 41.5 Å². The lowest BCUT2D eigenvalue weighted by molar-refractivity contribution is -0.114. The molecular formula is C22H20FN5O3. The molecule has 0 aliphatic heterocycles. The maximum Gasteiger partial charge on any atom is 0.414 e. The van der Waals surface area contributed by atoms with Gasteiger partial charge in [0.1, 0.15) is 11.9 Å². The summed E-state index contributed by atoms with van der Waals surface area (Å²) in [5.41, 5.74) is 5.50. The maximum atomic E-state index is 13.2. The molecule has 0 radical (unpaired) electrons. The van der Waals surface area contributed by atoms with Gasteiger partial charge in [-0.05, 0) is 67.3 Å². The minimum atomic E-state index is -1.00. The average molecular weight is 421 g/mol. The largest absolute Gasteiger partial charge is 0.450 e. The zero-order chi connectivity index (χ0) is 23.0. The van der Waals surface area contributed by atoms with E-state index in [4.69, 9.17) is 5.26 Å². The van der Waals surface area contributed by atoms with Gasteiger partial charge in [0.05, 0.1) is 24.3 Å². The molecule has 158 valence electrons. The molecule has 9 heteroatoms. The molecule has 8 nitrogen and oxygen atoms in total. The molecule has 2 aromatic rings. The molecule has 1 unspecified atom stereocenters. The Morgan fingerprint density at radius 2 is 1.77 bits per heavy atom. The average Bonchev–Trinajstić information content (AvgIpc) is 2.72. The lowest BCUT2D eigenvalue weighted by atomic mass is 9.86. The van der Waals surface area contributed by atoms with Crippen LogP contribution >= 0.6 is 0 Å². The monoisotopic (exact) mass is 421 g/mol. The van der Waals surface area contributed by atoms with Crippen LogP contribution in [0.1, 0.15) is 35.1 Å². The number of anilines is 1. The molecule has 0 saturated heterocycles. The Morgan fingerprint density at radius 1 is 1.16 bits per heavy atom. The number of imide groups is 1. The van der Waals surface area contributed by atoms with Gasteiger partial charge in [-0.1, -0.05) is 12.1 Å². The molecule has 2 N–H and O–H groups in total. The van der Waals surface area contributed by atoms with Gasteiger partial charge in [-0.3, -0.25) is 15.5 Å². The number of alkyl carbamates (subject to hydrolysis) is 1. The molecule has 2 aromatic carbocycles. The summed E-state index contributed by atoms with van der Waals surface area (Å²) in [6.07, 6.45) is -0.977. The molecular weight excluding hydrogens is 401 g/mol. The Kier molecular flexibility index (Phi) is 7.81. The van der Waals surface area contributed by atoms with Crippen molar-refractivity contribution in [3.05, 3.63) is 64.5 Å². The van der Waals surface area contributed by atoms with E-state index in [1.165, 1.54) is 12.1 Å². The second-order valence-corrected chi connectivity index (χ2v) is 6.50. The summed E-state index contributed by atoms with van der Waals surface area (Å²) in [5.74, 6) is -1.98. The van der Waals surface area contributed by atoms with Crippen molar-refractivity contribution in [2.24, 2.45) is 5.10 Å². The van der Waals surface area contributed by atoms with Crippen LogP contribution in [-0.4, -0.2) is 24.3 Å². The zero-order valence-corrected chi connectivity index (χ0v) is 17.2. The van der Waals surface area contributed by atoms with Gasteiger partial charge in [0.25, 0.3) is 5.91 Å². The van der Waals surface area contributed by atoms with E-state index in [9.17, 15) is 19.2 Å². The number of halogens is 1. The highest BCUT2D eigenvalue weighted by Gasteiger charge is 2.19. The van der Waals surface area contributed by atoms with Crippen LogP contribution < -0.4 is 10.7 Å². The Labute approximate surface area is 178 Å². The fraction of sp³-hybridized carbons (Fsp3) is 0.227. The number of nitriles is 2. The third-order valence-electron chi connectivity index (χ3n) is 4.32. The van der Waals surface area contributed by atoms with Crippen molar-refractivity contribution in [2.45, 2.75) is 26.7 Å². The van der Waals surface area contributed by atoms with Gasteiger partial charge < -0.3 is 4.74 Å². The van der Waals surface area contributed by atoms with Crippen molar-refractivity contribution in [1.29, 1.82) is 10.5 Å². The molecule has 2 rings (SSSR count). The number of benzene rings is 2. The number of ether oxygens (including phenoxy) is 1. The standard InChI is InChI=1S/C22H20FN5O3/c1-4-31-22(30)26-21(29)19(12-25)28-27-17-9-13(2)20(14(3)10-17)18(11-24)15-5-7-16(23)8-6-15/h5-10,18,27H,4H2,1-3H3,(H,26,29,30). The number of aryl methyl sites for hydroxylation is 2. The molecule has 0 fully saturated rings. The maximum absolute atomic E-state index is 13.2. The molecule has 1 atom stereocenters. The number of amides is 2. The normalized spacial score (nSPS) is 11.6. The molecule has 0 aliphatic rings. The topological polar surface area (TPSA) is 127 Å². The first kappa shape index (κ1) is 23.0. The number of hydrogen-bond acceptors (Lipinski definition) is 7. The van der Waals surface area contributed by atoms with E-state index in [1.54, 1.807) is 37.3 Å².